The molecule has 1 amide bonds. The Balaban J connectivity index is 1.94. The Labute approximate surface area is 147 Å². The van der Waals surface area contributed by atoms with E-state index in [2.05, 4.69) is 11.0 Å². The van der Waals surface area contributed by atoms with Crippen molar-refractivity contribution < 1.29 is 4.79 Å². The third-order valence-electron chi connectivity index (χ3n) is 3.88. The average molecular weight is 329 g/mol. The van der Waals surface area contributed by atoms with Gasteiger partial charge in [0.1, 0.15) is 0 Å². The maximum Gasteiger partial charge on any atom is 0.261 e. The SMILES string of the molecule is C#Cc1cccc(N(C(=O)c2cnn(-c3ccccc3)c2)C(C)C)c1. The van der Waals surface area contributed by atoms with Crippen LogP contribution in [-0.4, -0.2) is 21.7 Å². The number of benzene rings is 2. The van der Waals surface area contributed by atoms with Crippen LogP contribution in [0, 0.1) is 12.3 Å². The zero-order chi connectivity index (χ0) is 17.8. The van der Waals surface area contributed by atoms with Crippen molar-refractivity contribution in [1.29, 1.82) is 0 Å². The van der Waals surface area contributed by atoms with E-state index in [1.165, 1.54) is 0 Å². The lowest BCUT2D eigenvalue weighted by Gasteiger charge is -2.26. The van der Waals surface area contributed by atoms with Crippen molar-refractivity contribution in [2.45, 2.75) is 19.9 Å². The minimum absolute atomic E-state index is 0.0133. The maximum atomic E-state index is 13.1. The van der Waals surface area contributed by atoms with Gasteiger partial charge in [-0.25, -0.2) is 4.68 Å². The van der Waals surface area contributed by atoms with Gasteiger partial charge in [-0.2, -0.15) is 5.10 Å². The predicted molar refractivity (Wildman–Crippen MR) is 99.9 cm³/mol. The summed E-state index contributed by atoms with van der Waals surface area (Å²) in [5.74, 6) is 2.51. The molecule has 0 saturated heterocycles. The molecule has 0 fully saturated rings. The van der Waals surface area contributed by atoms with Crippen LogP contribution >= 0.6 is 0 Å². The normalized spacial score (nSPS) is 10.5. The van der Waals surface area contributed by atoms with Crippen LogP contribution in [-0.2, 0) is 0 Å². The fourth-order valence-electron chi connectivity index (χ4n) is 2.69. The van der Waals surface area contributed by atoms with Crippen molar-refractivity contribution in [2.75, 3.05) is 4.90 Å². The highest BCUT2D eigenvalue weighted by Crippen LogP contribution is 2.21. The van der Waals surface area contributed by atoms with Gasteiger partial charge in [0.15, 0.2) is 0 Å². The van der Waals surface area contributed by atoms with Crippen LogP contribution in [0.1, 0.15) is 29.8 Å². The van der Waals surface area contributed by atoms with Crippen molar-refractivity contribution in [1.82, 2.24) is 9.78 Å². The van der Waals surface area contributed by atoms with E-state index < -0.39 is 0 Å². The number of amides is 1. The summed E-state index contributed by atoms with van der Waals surface area (Å²) in [5.41, 5.74) is 2.97. The summed E-state index contributed by atoms with van der Waals surface area (Å²) >= 11 is 0. The zero-order valence-electron chi connectivity index (χ0n) is 14.3. The fraction of sp³-hybridized carbons (Fsp3) is 0.143. The second kappa shape index (κ2) is 7.06. The van der Waals surface area contributed by atoms with Crippen molar-refractivity contribution >= 4 is 11.6 Å². The van der Waals surface area contributed by atoms with Gasteiger partial charge in [0.2, 0.25) is 0 Å². The summed E-state index contributed by atoms with van der Waals surface area (Å²) in [5, 5.41) is 4.31. The van der Waals surface area contributed by atoms with E-state index in [-0.39, 0.29) is 11.9 Å². The average Bonchev–Trinajstić information content (AvgIpc) is 3.12. The minimum Gasteiger partial charge on any atom is -0.306 e. The number of hydrogen-bond donors (Lipinski definition) is 0. The van der Waals surface area contributed by atoms with Crippen molar-refractivity contribution in [2.24, 2.45) is 0 Å². The number of carbonyl (C=O) groups excluding carboxylic acids is 1. The van der Waals surface area contributed by atoms with Crippen LogP contribution in [0.2, 0.25) is 0 Å². The van der Waals surface area contributed by atoms with E-state index in [4.69, 9.17) is 6.42 Å². The van der Waals surface area contributed by atoms with E-state index >= 15 is 0 Å². The molecule has 0 spiro atoms. The second-order valence-electron chi connectivity index (χ2n) is 5.97. The lowest BCUT2D eigenvalue weighted by Crippen LogP contribution is -2.36. The molecule has 3 rings (SSSR count). The van der Waals surface area contributed by atoms with Gasteiger partial charge in [-0.05, 0) is 44.2 Å². The predicted octanol–water partition coefficient (Wildman–Crippen LogP) is 3.91. The Morgan fingerprint density at radius 2 is 1.92 bits per heavy atom. The standard InChI is InChI=1S/C21H19N3O/c1-4-17-9-8-12-20(13-17)24(16(2)3)21(25)18-14-22-23(15-18)19-10-6-5-7-11-19/h1,5-16H,2-3H3. The summed E-state index contributed by atoms with van der Waals surface area (Å²) in [6.07, 6.45) is 8.82. The third-order valence-corrected chi connectivity index (χ3v) is 3.88. The smallest absolute Gasteiger partial charge is 0.261 e. The molecule has 1 aromatic heterocycles. The largest absolute Gasteiger partial charge is 0.306 e. The minimum atomic E-state index is -0.105. The van der Waals surface area contributed by atoms with Crippen molar-refractivity contribution in [3.05, 3.63) is 78.1 Å². The van der Waals surface area contributed by atoms with Crippen LogP contribution in [0.15, 0.2) is 67.0 Å². The molecule has 0 aliphatic rings. The van der Waals surface area contributed by atoms with Gasteiger partial charge in [0.25, 0.3) is 5.91 Å². The molecule has 0 N–H and O–H groups in total. The summed E-state index contributed by atoms with van der Waals surface area (Å²) in [4.78, 5) is 14.8. The highest BCUT2D eigenvalue weighted by molar-refractivity contribution is 6.06. The summed E-state index contributed by atoms with van der Waals surface area (Å²) in [7, 11) is 0. The number of anilines is 1. The first kappa shape index (κ1) is 16.5. The van der Waals surface area contributed by atoms with Gasteiger partial charge in [0, 0.05) is 23.5 Å². The molecule has 2 aromatic carbocycles. The molecule has 0 saturated carbocycles. The van der Waals surface area contributed by atoms with Crippen LogP contribution in [0.5, 0.6) is 0 Å². The summed E-state index contributed by atoms with van der Waals surface area (Å²) < 4.78 is 1.70. The number of para-hydroxylation sites is 1. The molecule has 25 heavy (non-hydrogen) atoms. The molecule has 124 valence electrons. The van der Waals surface area contributed by atoms with E-state index in [9.17, 15) is 4.79 Å². The van der Waals surface area contributed by atoms with Crippen LogP contribution < -0.4 is 4.90 Å². The summed E-state index contributed by atoms with van der Waals surface area (Å²) in [6, 6.07) is 17.1. The Kier molecular flexibility index (Phi) is 4.67. The Morgan fingerprint density at radius 1 is 1.16 bits per heavy atom. The molecular formula is C21H19N3O. The number of carbonyl (C=O) groups is 1. The van der Waals surface area contributed by atoms with E-state index in [0.29, 0.717) is 5.56 Å². The number of aromatic nitrogens is 2. The maximum absolute atomic E-state index is 13.1. The Hall–Kier alpha value is -3.32. The Bertz CT molecular complexity index is 920. The lowest BCUT2D eigenvalue weighted by molar-refractivity contribution is 0.0980. The highest BCUT2D eigenvalue weighted by atomic mass is 16.2. The first-order valence-corrected chi connectivity index (χ1v) is 8.10. The van der Waals surface area contributed by atoms with E-state index in [1.54, 1.807) is 22.0 Å². The van der Waals surface area contributed by atoms with E-state index in [0.717, 1.165) is 16.9 Å². The number of nitrogens with zero attached hydrogens (tertiary/aromatic N) is 3. The van der Waals surface area contributed by atoms with Crippen molar-refractivity contribution in [3.63, 3.8) is 0 Å². The number of rotatable bonds is 4. The number of terminal acetylenes is 1. The summed E-state index contributed by atoms with van der Waals surface area (Å²) in [6.45, 7) is 3.95. The Morgan fingerprint density at radius 3 is 2.60 bits per heavy atom. The highest BCUT2D eigenvalue weighted by Gasteiger charge is 2.22. The third kappa shape index (κ3) is 3.46. The molecule has 3 aromatic rings. The fourth-order valence-corrected chi connectivity index (χ4v) is 2.69. The molecular weight excluding hydrogens is 310 g/mol. The van der Waals surface area contributed by atoms with Crippen LogP contribution in [0.3, 0.4) is 0 Å². The molecule has 0 radical (unpaired) electrons. The molecule has 4 heteroatoms. The molecule has 4 nitrogen and oxygen atoms in total. The lowest BCUT2D eigenvalue weighted by atomic mass is 10.1. The molecule has 0 aliphatic carbocycles. The first-order chi connectivity index (χ1) is 12.1. The van der Waals surface area contributed by atoms with Crippen LogP contribution in [0.4, 0.5) is 5.69 Å². The van der Waals surface area contributed by atoms with E-state index in [1.807, 2.05) is 68.4 Å². The first-order valence-electron chi connectivity index (χ1n) is 8.10. The zero-order valence-corrected chi connectivity index (χ0v) is 14.3. The number of hydrogen-bond acceptors (Lipinski definition) is 2. The molecule has 1 heterocycles. The van der Waals surface area contributed by atoms with Crippen LogP contribution in [0.25, 0.3) is 5.69 Å². The van der Waals surface area contributed by atoms with Crippen molar-refractivity contribution in [3.8, 4) is 18.0 Å². The van der Waals surface area contributed by atoms with Gasteiger partial charge < -0.3 is 4.90 Å². The topological polar surface area (TPSA) is 38.1 Å². The molecule has 0 aliphatic heterocycles. The van der Waals surface area contributed by atoms with Gasteiger partial charge >= 0.3 is 0 Å². The van der Waals surface area contributed by atoms with Gasteiger partial charge in [-0.3, -0.25) is 4.79 Å². The molecule has 0 atom stereocenters. The quantitative estimate of drug-likeness (QED) is 0.681. The second-order valence-corrected chi connectivity index (χ2v) is 5.97. The van der Waals surface area contributed by atoms with Gasteiger partial charge in [0.05, 0.1) is 17.4 Å². The van der Waals surface area contributed by atoms with Gasteiger partial charge in [-0.1, -0.05) is 30.2 Å². The molecule has 0 unspecified atom stereocenters. The molecule has 0 bridgehead atoms. The monoisotopic (exact) mass is 329 g/mol. The van der Waals surface area contributed by atoms with Gasteiger partial charge in [-0.15, -0.1) is 6.42 Å².